The van der Waals surface area contributed by atoms with Gasteiger partial charge in [0.05, 0.1) is 5.56 Å². The van der Waals surface area contributed by atoms with Crippen LogP contribution in [-0.2, 0) is 12.6 Å². The molecule has 0 aliphatic carbocycles. The Balaban J connectivity index is 2.31. The molecule has 1 aromatic carbocycles. The molecule has 0 radical (unpaired) electrons. The summed E-state index contributed by atoms with van der Waals surface area (Å²) in [5, 5.41) is 9.82. The Hall–Kier alpha value is -2.04. The number of nitrogens with zero attached hydrogens (tertiary/aromatic N) is 1. The molecule has 0 saturated heterocycles. The van der Waals surface area contributed by atoms with Crippen molar-refractivity contribution in [2.75, 3.05) is 0 Å². The van der Waals surface area contributed by atoms with Gasteiger partial charge in [-0.2, -0.15) is 13.2 Å². The zero-order valence-corrected chi connectivity index (χ0v) is 13.4. The normalized spacial score (nSPS) is 13.3. The van der Waals surface area contributed by atoms with Crippen LogP contribution in [0, 0.1) is 0 Å². The SMILES string of the molecule is CC(C)c1cc(CC(C)c2cccc[n+]2O)ccc1C(F)(F)F. The fourth-order valence-electron chi connectivity index (χ4n) is 2.77. The summed E-state index contributed by atoms with van der Waals surface area (Å²) in [4.78, 5) is 0. The molecule has 1 heterocycles. The molecule has 0 saturated carbocycles. The largest absolute Gasteiger partial charge is 0.416 e. The van der Waals surface area contributed by atoms with E-state index in [1.807, 2.05) is 13.0 Å². The number of benzene rings is 1. The van der Waals surface area contributed by atoms with Crippen LogP contribution in [0.1, 0.15) is 55.0 Å². The number of halogens is 3. The van der Waals surface area contributed by atoms with Crippen LogP contribution in [0.25, 0.3) is 0 Å². The third-order valence-electron chi connectivity index (χ3n) is 3.96. The molecular weight excluding hydrogens is 303 g/mol. The van der Waals surface area contributed by atoms with Gasteiger partial charge in [0.1, 0.15) is 0 Å². The molecule has 2 rings (SSSR count). The predicted octanol–water partition coefficient (Wildman–Crippen LogP) is 4.70. The van der Waals surface area contributed by atoms with Crippen molar-refractivity contribution < 1.29 is 23.1 Å². The van der Waals surface area contributed by atoms with Crippen molar-refractivity contribution in [3.63, 3.8) is 0 Å². The summed E-state index contributed by atoms with van der Waals surface area (Å²) < 4.78 is 40.3. The molecule has 0 amide bonds. The van der Waals surface area contributed by atoms with Crippen molar-refractivity contribution in [1.82, 2.24) is 0 Å². The fraction of sp³-hybridized carbons (Fsp3) is 0.389. The van der Waals surface area contributed by atoms with Crippen molar-refractivity contribution >= 4 is 0 Å². The van der Waals surface area contributed by atoms with E-state index in [1.165, 1.54) is 12.3 Å². The minimum atomic E-state index is -4.34. The van der Waals surface area contributed by atoms with E-state index in [1.54, 1.807) is 32.0 Å². The number of pyridine rings is 1. The van der Waals surface area contributed by atoms with E-state index in [4.69, 9.17) is 0 Å². The molecule has 1 unspecified atom stereocenters. The van der Waals surface area contributed by atoms with Crippen molar-refractivity contribution in [3.8, 4) is 0 Å². The maximum Gasteiger partial charge on any atom is 0.416 e. The van der Waals surface area contributed by atoms with Crippen molar-refractivity contribution in [3.05, 3.63) is 65.0 Å². The topological polar surface area (TPSA) is 24.1 Å². The number of hydrogen-bond donors (Lipinski definition) is 1. The first-order valence-corrected chi connectivity index (χ1v) is 7.60. The molecule has 2 aromatic rings. The van der Waals surface area contributed by atoms with Gasteiger partial charge in [-0.25, -0.2) is 0 Å². The minimum Gasteiger partial charge on any atom is -0.285 e. The Labute approximate surface area is 134 Å². The third-order valence-corrected chi connectivity index (χ3v) is 3.96. The van der Waals surface area contributed by atoms with Gasteiger partial charge in [0, 0.05) is 22.8 Å². The fourth-order valence-corrected chi connectivity index (χ4v) is 2.77. The molecular formula is C18H21F3NO+. The quantitative estimate of drug-likeness (QED) is 0.640. The van der Waals surface area contributed by atoms with Crippen molar-refractivity contribution in [2.45, 2.75) is 45.2 Å². The van der Waals surface area contributed by atoms with E-state index in [-0.39, 0.29) is 11.8 Å². The number of hydrogen-bond acceptors (Lipinski definition) is 1. The molecule has 0 aliphatic heterocycles. The molecule has 0 aliphatic rings. The highest BCUT2D eigenvalue weighted by atomic mass is 19.4. The Kier molecular flexibility index (Phi) is 4.97. The van der Waals surface area contributed by atoms with Crippen LogP contribution in [0.3, 0.4) is 0 Å². The van der Waals surface area contributed by atoms with Gasteiger partial charge >= 0.3 is 6.18 Å². The molecule has 2 nitrogen and oxygen atoms in total. The van der Waals surface area contributed by atoms with E-state index in [0.717, 1.165) is 22.1 Å². The van der Waals surface area contributed by atoms with Gasteiger partial charge in [0.15, 0.2) is 0 Å². The van der Waals surface area contributed by atoms with E-state index in [9.17, 15) is 18.4 Å². The lowest BCUT2D eigenvalue weighted by Gasteiger charge is -2.17. The van der Waals surface area contributed by atoms with Crippen molar-refractivity contribution in [1.29, 1.82) is 0 Å². The first-order chi connectivity index (χ1) is 10.7. The van der Waals surface area contributed by atoms with E-state index >= 15 is 0 Å². The maximum atomic E-state index is 13.1. The third kappa shape index (κ3) is 4.03. The van der Waals surface area contributed by atoms with Gasteiger partial charge in [-0.3, -0.25) is 5.21 Å². The number of aromatic nitrogens is 1. The van der Waals surface area contributed by atoms with Gasteiger partial charge in [-0.1, -0.05) is 32.9 Å². The number of alkyl halides is 3. The Bertz CT molecular complexity index is 680. The lowest BCUT2D eigenvalue weighted by molar-refractivity contribution is -0.910. The Morgan fingerprint density at radius 3 is 2.35 bits per heavy atom. The lowest BCUT2D eigenvalue weighted by Crippen LogP contribution is -2.35. The molecule has 0 spiro atoms. The zero-order chi connectivity index (χ0) is 17.2. The standard InChI is InChI=1S/C18H21F3NO/c1-12(2)15-11-14(7-8-16(15)18(19,20)21)10-13(3)17-6-4-5-9-22(17)23/h4-9,11-13,23H,10H2,1-3H3/q+1. The molecule has 124 valence electrons. The van der Waals surface area contributed by atoms with E-state index < -0.39 is 11.7 Å². The summed E-state index contributed by atoms with van der Waals surface area (Å²) in [6.45, 7) is 5.46. The first kappa shape index (κ1) is 17.3. The van der Waals surface area contributed by atoms with Crippen LogP contribution in [0.4, 0.5) is 13.2 Å². The monoisotopic (exact) mass is 324 g/mol. The number of rotatable bonds is 4. The highest BCUT2D eigenvalue weighted by Crippen LogP contribution is 2.36. The molecule has 1 atom stereocenters. The summed E-state index contributed by atoms with van der Waals surface area (Å²) in [5.74, 6) is -0.223. The zero-order valence-electron chi connectivity index (χ0n) is 13.4. The maximum absolute atomic E-state index is 13.1. The molecule has 1 aromatic heterocycles. The Morgan fingerprint density at radius 1 is 1.09 bits per heavy atom. The molecule has 5 heteroatoms. The molecule has 0 bridgehead atoms. The average molecular weight is 324 g/mol. The summed E-state index contributed by atoms with van der Waals surface area (Å²) in [5.41, 5.74) is 1.30. The second-order valence-corrected chi connectivity index (χ2v) is 6.15. The highest BCUT2D eigenvalue weighted by Gasteiger charge is 2.34. The van der Waals surface area contributed by atoms with Gasteiger partial charge < -0.3 is 0 Å². The van der Waals surface area contributed by atoms with Gasteiger partial charge in [0.25, 0.3) is 0 Å². The van der Waals surface area contributed by atoms with Crippen LogP contribution in [0.15, 0.2) is 42.6 Å². The van der Waals surface area contributed by atoms with Crippen molar-refractivity contribution in [2.24, 2.45) is 0 Å². The second-order valence-electron chi connectivity index (χ2n) is 6.15. The molecule has 0 fully saturated rings. The van der Waals surface area contributed by atoms with Crippen LogP contribution in [0.2, 0.25) is 0 Å². The Morgan fingerprint density at radius 2 is 1.78 bits per heavy atom. The first-order valence-electron chi connectivity index (χ1n) is 7.60. The smallest absolute Gasteiger partial charge is 0.285 e. The molecule has 23 heavy (non-hydrogen) atoms. The second kappa shape index (κ2) is 6.60. The lowest BCUT2D eigenvalue weighted by atomic mass is 9.90. The van der Waals surface area contributed by atoms with Gasteiger partial charge in [-0.05, 0) is 35.6 Å². The van der Waals surface area contributed by atoms with Crippen LogP contribution < -0.4 is 4.73 Å². The van der Waals surface area contributed by atoms with Crippen LogP contribution >= 0.6 is 0 Å². The molecule has 1 N–H and O–H groups in total. The van der Waals surface area contributed by atoms with Crippen LogP contribution in [0.5, 0.6) is 0 Å². The van der Waals surface area contributed by atoms with E-state index in [0.29, 0.717) is 12.0 Å². The minimum absolute atomic E-state index is 0.0158. The summed E-state index contributed by atoms with van der Waals surface area (Å²) in [6, 6.07) is 9.66. The average Bonchev–Trinajstić information content (AvgIpc) is 2.46. The van der Waals surface area contributed by atoms with Gasteiger partial charge in [0.2, 0.25) is 11.9 Å². The highest BCUT2D eigenvalue weighted by molar-refractivity contribution is 5.36. The summed E-state index contributed by atoms with van der Waals surface area (Å²) in [7, 11) is 0. The predicted molar refractivity (Wildman–Crippen MR) is 81.5 cm³/mol. The van der Waals surface area contributed by atoms with E-state index in [2.05, 4.69) is 0 Å². The summed E-state index contributed by atoms with van der Waals surface area (Å²) >= 11 is 0. The summed E-state index contributed by atoms with van der Waals surface area (Å²) in [6.07, 6.45) is -2.24. The van der Waals surface area contributed by atoms with Gasteiger partial charge in [-0.15, -0.1) is 0 Å². The van der Waals surface area contributed by atoms with Crippen LogP contribution in [-0.4, -0.2) is 5.21 Å².